The maximum Gasteiger partial charge on any atom is 0.257 e. The zero-order valence-corrected chi connectivity index (χ0v) is 20.9. The van der Waals surface area contributed by atoms with Gasteiger partial charge in [0, 0.05) is 44.6 Å². The standard InChI is InChI=1S/C25H34N4O4S/c1-15(2)29-19(31)13-25(24(29)33)9-4-10-28(14-25)16-7-11-27(12-8-16)23(32)20-17-5-3-6-18(30)21(17)34-22(20)26/h15-16H,3-14,26H2,1-2H3. The average molecular weight is 487 g/mol. The number of nitrogen functional groups attached to an aromatic ring is 1. The number of fused-ring (bicyclic) bond motifs is 1. The molecule has 184 valence electrons. The molecule has 5 rings (SSSR count). The minimum absolute atomic E-state index is 0.00272. The minimum atomic E-state index is -0.580. The Morgan fingerprint density at radius 1 is 1.09 bits per heavy atom. The Balaban J connectivity index is 1.25. The fourth-order valence-electron chi connectivity index (χ4n) is 6.45. The van der Waals surface area contributed by atoms with Crippen molar-refractivity contribution in [3.8, 4) is 0 Å². The summed E-state index contributed by atoms with van der Waals surface area (Å²) in [4.78, 5) is 57.8. The van der Waals surface area contributed by atoms with Crippen LogP contribution in [0.4, 0.5) is 5.00 Å². The van der Waals surface area contributed by atoms with Gasteiger partial charge in [-0.1, -0.05) is 0 Å². The van der Waals surface area contributed by atoms with E-state index < -0.39 is 5.41 Å². The lowest BCUT2D eigenvalue weighted by atomic mass is 9.77. The van der Waals surface area contributed by atoms with Crippen LogP contribution in [0, 0.1) is 5.41 Å². The zero-order chi connectivity index (χ0) is 24.2. The highest BCUT2D eigenvalue weighted by Crippen LogP contribution is 2.43. The SMILES string of the molecule is CC(C)N1C(=O)CC2(CCCN(C3CCN(C(=O)c4c(N)sc5c4CCCC5=O)CC3)C2)C1=O. The first-order valence-electron chi connectivity index (χ1n) is 12.6. The first-order chi connectivity index (χ1) is 16.2. The molecular weight excluding hydrogens is 452 g/mol. The fraction of sp³-hybridized carbons (Fsp3) is 0.680. The van der Waals surface area contributed by atoms with Crippen molar-refractivity contribution in [1.29, 1.82) is 0 Å². The molecule has 1 atom stereocenters. The van der Waals surface area contributed by atoms with Gasteiger partial charge in [0.05, 0.1) is 20.9 Å². The minimum Gasteiger partial charge on any atom is -0.390 e. The molecule has 9 heteroatoms. The Bertz CT molecular complexity index is 1040. The third-order valence-corrected chi connectivity index (χ3v) is 9.26. The quantitative estimate of drug-likeness (QED) is 0.659. The molecule has 3 saturated heterocycles. The highest BCUT2D eigenvalue weighted by molar-refractivity contribution is 7.18. The molecule has 0 bridgehead atoms. The predicted octanol–water partition coefficient (Wildman–Crippen LogP) is 2.70. The van der Waals surface area contributed by atoms with Crippen molar-refractivity contribution in [3.05, 3.63) is 16.0 Å². The molecule has 1 spiro atoms. The van der Waals surface area contributed by atoms with E-state index in [1.807, 2.05) is 18.7 Å². The number of hydrogen-bond donors (Lipinski definition) is 1. The lowest BCUT2D eigenvalue weighted by Crippen LogP contribution is -2.54. The fourth-order valence-corrected chi connectivity index (χ4v) is 7.53. The van der Waals surface area contributed by atoms with Gasteiger partial charge in [-0.3, -0.25) is 29.0 Å². The van der Waals surface area contributed by atoms with Crippen LogP contribution >= 0.6 is 11.3 Å². The van der Waals surface area contributed by atoms with Crippen LogP contribution in [0.15, 0.2) is 0 Å². The molecule has 1 aromatic rings. The van der Waals surface area contributed by atoms with Crippen molar-refractivity contribution >= 4 is 39.8 Å². The lowest BCUT2D eigenvalue weighted by molar-refractivity contribution is -0.145. The van der Waals surface area contributed by atoms with E-state index in [-0.39, 0.29) is 29.5 Å². The van der Waals surface area contributed by atoms with Gasteiger partial charge < -0.3 is 10.6 Å². The number of carbonyl (C=O) groups excluding carboxylic acids is 4. The monoisotopic (exact) mass is 486 g/mol. The van der Waals surface area contributed by atoms with Crippen LogP contribution in [-0.2, 0) is 16.0 Å². The van der Waals surface area contributed by atoms with E-state index in [2.05, 4.69) is 4.90 Å². The van der Waals surface area contributed by atoms with Crippen LogP contribution in [0.2, 0.25) is 0 Å². The van der Waals surface area contributed by atoms with Crippen LogP contribution < -0.4 is 5.73 Å². The second-order valence-electron chi connectivity index (χ2n) is 10.6. The molecule has 1 aliphatic carbocycles. The molecule has 4 heterocycles. The van der Waals surface area contributed by atoms with E-state index in [4.69, 9.17) is 5.73 Å². The van der Waals surface area contributed by atoms with E-state index in [0.29, 0.717) is 54.0 Å². The van der Waals surface area contributed by atoms with E-state index >= 15 is 0 Å². The molecule has 3 fully saturated rings. The molecule has 0 radical (unpaired) electrons. The van der Waals surface area contributed by atoms with Crippen molar-refractivity contribution in [2.45, 2.75) is 77.3 Å². The van der Waals surface area contributed by atoms with Crippen molar-refractivity contribution < 1.29 is 19.2 Å². The topological polar surface area (TPSA) is 104 Å². The number of nitrogens with two attached hydrogens (primary N) is 1. The summed E-state index contributed by atoms with van der Waals surface area (Å²) in [5.74, 6) is 0.00242. The number of anilines is 1. The first kappa shape index (κ1) is 23.5. The number of hydrogen-bond acceptors (Lipinski definition) is 7. The number of piperidine rings is 2. The molecule has 0 aromatic carbocycles. The van der Waals surface area contributed by atoms with Gasteiger partial charge >= 0.3 is 0 Å². The Morgan fingerprint density at radius 3 is 2.50 bits per heavy atom. The summed E-state index contributed by atoms with van der Waals surface area (Å²) in [6, 6.07) is 0.196. The van der Waals surface area contributed by atoms with E-state index in [9.17, 15) is 19.2 Å². The normalized spacial score (nSPS) is 26.7. The summed E-state index contributed by atoms with van der Waals surface area (Å²) in [5.41, 5.74) is 7.02. The number of rotatable bonds is 3. The molecule has 3 amide bonds. The summed E-state index contributed by atoms with van der Waals surface area (Å²) in [6.07, 6.45) is 5.72. The number of nitrogens with zero attached hydrogens (tertiary/aromatic N) is 3. The van der Waals surface area contributed by atoms with Crippen LogP contribution in [0.25, 0.3) is 0 Å². The van der Waals surface area contributed by atoms with Crippen molar-refractivity contribution in [2.24, 2.45) is 5.41 Å². The smallest absolute Gasteiger partial charge is 0.257 e. The second kappa shape index (κ2) is 8.75. The van der Waals surface area contributed by atoms with Crippen LogP contribution in [0.3, 0.4) is 0 Å². The number of thiophene rings is 1. The van der Waals surface area contributed by atoms with E-state index in [0.717, 1.165) is 50.6 Å². The van der Waals surface area contributed by atoms with Gasteiger partial charge in [0.15, 0.2) is 5.78 Å². The summed E-state index contributed by atoms with van der Waals surface area (Å²) < 4.78 is 0. The number of imide groups is 1. The zero-order valence-electron chi connectivity index (χ0n) is 20.1. The lowest BCUT2D eigenvalue weighted by Gasteiger charge is -2.45. The molecule has 3 aliphatic heterocycles. The number of amides is 3. The molecule has 0 saturated carbocycles. The highest BCUT2D eigenvalue weighted by Gasteiger charge is 2.54. The molecule has 1 unspecified atom stereocenters. The van der Waals surface area contributed by atoms with Gasteiger partial charge in [0.25, 0.3) is 5.91 Å². The molecule has 8 nitrogen and oxygen atoms in total. The van der Waals surface area contributed by atoms with Crippen molar-refractivity contribution in [3.63, 3.8) is 0 Å². The summed E-state index contributed by atoms with van der Waals surface area (Å²) in [7, 11) is 0. The van der Waals surface area contributed by atoms with Gasteiger partial charge in [-0.05, 0) is 64.5 Å². The predicted molar refractivity (Wildman–Crippen MR) is 130 cm³/mol. The Labute approximate surface area is 204 Å². The maximum absolute atomic E-state index is 13.4. The molecule has 34 heavy (non-hydrogen) atoms. The third kappa shape index (κ3) is 3.77. The molecule has 4 aliphatic rings. The Kier molecular flexibility index (Phi) is 6.04. The van der Waals surface area contributed by atoms with Crippen molar-refractivity contribution in [2.75, 3.05) is 31.9 Å². The number of ketones is 1. The van der Waals surface area contributed by atoms with Gasteiger partial charge in [0.2, 0.25) is 11.8 Å². The number of carbonyl (C=O) groups is 4. The largest absolute Gasteiger partial charge is 0.390 e. The second-order valence-corrected chi connectivity index (χ2v) is 11.7. The highest BCUT2D eigenvalue weighted by atomic mass is 32.1. The molecule has 2 N–H and O–H groups in total. The van der Waals surface area contributed by atoms with Gasteiger partial charge in [0.1, 0.15) is 0 Å². The summed E-state index contributed by atoms with van der Waals surface area (Å²) in [6.45, 7) is 6.62. The Hall–Kier alpha value is -2.26. The van der Waals surface area contributed by atoms with Crippen LogP contribution in [0.5, 0.6) is 0 Å². The number of Topliss-reactive ketones (excluding diaryl/α,β-unsaturated/α-hetero) is 1. The van der Waals surface area contributed by atoms with Crippen molar-refractivity contribution in [1.82, 2.24) is 14.7 Å². The van der Waals surface area contributed by atoms with Gasteiger partial charge in [-0.2, -0.15) is 0 Å². The summed E-state index contributed by atoms with van der Waals surface area (Å²) in [5, 5.41) is 0.462. The molecular formula is C25H34N4O4S. The average Bonchev–Trinajstić information content (AvgIpc) is 3.27. The van der Waals surface area contributed by atoms with E-state index in [1.54, 1.807) is 0 Å². The van der Waals surface area contributed by atoms with Crippen LogP contribution in [-0.4, -0.2) is 76.5 Å². The van der Waals surface area contributed by atoms with Gasteiger partial charge in [-0.15, -0.1) is 11.3 Å². The maximum atomic E-state index is 13.4. The van der Waals surface area contributed by atoms with Gasteiger partial charge in [-0.25, -0.2) is 0 Å². The van der Waals surface area contributed by atoms with E-state index in [1.165, 1.54) is 16.2 Å². The number of likely N-dealkylation sites (tertiary alicyclic amines) is 3. The Morgan fingerprint density at radius 2 is 1.82 bits per heavy atom. The van der Waals surface area contributed by atoms with Crippen LogP contribution in [0.1, 0.15) is 84.4 Å². The third-order valence-electron chi connectivity index (χ3n) is 8.15. The first-order valence-corrected chi connectivity index (χ1v) is 13.4. The summed E-state index contributed by atoms with van der Waals surface area (Å²) >= 11 is 1.26. The molecule has 1 aromatic heterocycles.